The maximum absolute atomic E-state index is 13.8. The Kier molecular flexibility index (Phi) is 5.90. The Morgan fingerprint density at radius 1 is 1.10 bits per heavy atom. The molecule has 0 radical (unpaired) electrons. The number of hydrogen-bond donors (Lipinski definition) is 0. The van der Waals surface area contributed by atoms with Crippen molar-refractivity contribution in [2.24, 2.45) is 0 Å². The smallest absolute Gasteiger partial charge is 0.253 e. The monoisotopic (exact) mass is 408 g/mol. The van der Waals surface area contributed by atoms with Gasteiger partial charge in [0.1, 0.15) is 5.82 Å². The molecule has 0 spiro atoms. The van der Waals surface area contributed by atoms with Crippen molar-refractivity contribution >= 4 is 5.91 Å². The van der Waals surface area contributed by atoms with Gasteiger partial charge in [-0.05, 0) is 44.0 Å². The summed E-state index contributed by atoms with van der Waals surface area (Å²) in [4.78, 5) is 21.3. The van der Waals surface area contributed by atoms with E-state index in [9.17, 15) is 9.18 Å². The van der Waals surface area contributed by atoms with Gasteiger partial charge in [-0.25, -0.2) is 4.39 Å². The van der Waals surface area contributed by atoms with Gasteiger partial charge >= 0.3 is 0 Å². The fourth-order valence-corrected chi connectivity index (χ4v) is 3.65. The number of halogens is 1. The predicted octanol–water partition coefficient (Wildman–Crippen LogP) is 3.84. The largest absolute Gasteiger partial charge is 0.338 e. The van der Waals surface area contributed by atoms with Gasteiger partial charge in [0.05, 0.1) is 6.54 Å². The Labute approximate surface area is 175 Å². The summed E-state index contributed by atoms with van der Waals surface area (Å²) >= 11 is 0. The first-order valence-electron chi connectivity index (χ1n) is 10.2. The van der Waals surface area contributed by atoms with Crippen LogP contribution in [0.5, 0.6) is 0 Å². The van der Waals surface area contributed by atoms with Gasteiger partial charge < -0.3 is 9.42 Å². The fraction of sp³-hybridized carbons (Fsp3) is 0.348. The number of benzene rings is 2. The topological polar surface area (TPSA) is 62.5 Å². The third kappa shape index (κ3) is 4.57. The van der Waals surface area contributed by atoms with E-state index < -0.39 is 0 Å². The molecule has 156 valence electrons. The van der Waals surface area contributed by atoms with Gasteiger partial charge in [-0.1, -0.05) is 35.0 Å². The van der Waals surface area contributed by atoms with Gasteiger partial charge in [0.25, 0.3) is 5.91 Å². The summed E-state index contributed by atoms with van der Waals surface area (Å²) in [5.74, 6) is 0.658. The zero-order valence-corrected chi connectivity index (χ0v) is 17.3. The van der Waals surface area contributed by atoms with Crippen LogP contribution in [0.25, 0.3) is 11.4 Å². The zero-order chi connectivity index (χ0) is 21.1. The Bertz CT molecular complexity index is 1050. The minimum Gasteiger partial charge on any atom is -0.338 e. The molecule has 0 saturated carbocycles. The maximum atomic E-state index is 13.8. The molecule has 2 heterocycles. The van der Waals surface area contributed by atoms with Crippen LogP contribution in [-0.4, -0.2) is 52.0 Å². The summed E-state index contributed by atoms with van der Waals surface area (Å²) in [6.07, 6.45) is 0.877. The quantitative estimate of drug-likeness (QED) is 0.656. The van der Waals surface area contributed by atoms with E-state index in [2.05, 4.69) is 15.0 Å². The van der Waals surface area contributed by atoms with Crippen molar-refractivity contribution in [3.63, 3.8) is 0 Å². The predicted molar refractivity (Wildman–Crippen MR) is 111 cm³/mol. The van der Waals surface area contributed by atoms with Crippen LogP contribution in [0.3, 0.4) is 0 Å². The second-order valence-corrected chi connectivity index (χ2v) is 7.77. The minimum atomic E-state index is -0.287. The minimum absolute atomic E-state index is 0.0713. The molecule has 4 rings (SSSR count). The number of aromatic nitrogens is 2. The molecule has 1 amide bonds. The van der Waals surface area contributed by atoms with Crippen molar-refractivity contribution in [3.8, 4) is 11.4 Å². The van der Waals surface area contributed by atoms with Crippen molar-refractivity contribution in [2.75, 3.05) is 26.2 Å². The Morgan fingerprint density at radius 3 is 2.77 bits per heavy atom. The molecule has 3 aromatic rings. The van der Waals surface area contributed by atoms with Gasteiger partial charge in [-0.2, -0.15) is 4.98 Å². The molecule has 7 heteroatoms. The van der Waals surface area contributed by atoms with Crippen molar-refractivity contribution < 1.29 is 13.7 Å². The van der Waals surface area contributed by atoms with Crippen molar-refractivity contribution in [3.05, 3.63) is 70.9 Å². The molecule has 1 aliphatic heterocycles. The lowest BCUT2D eigenvalue weighted by molar-refractivity contribution is 0.0760. The standard InChI is InChI=1S/C23H25FN4O2/c1-16-5-3-6-19(13-16)23(29)28-10-4-9-27(11-12-28)15-21-25-22(26-30-21)18-8-7-17(2)20(24)14-18/h3,5-8,13-14H,4,9-12,15H2,1-2H3. The van der Waals surface area contributed by atoms with E-state index in [4.69, 9.17) is 4.52 Å². The summed E-state index contributed by atoms with van der Waals surface area (Å²) < 4.78 is 19.2. The molecule has 0 unspecified atom stereocenters. The molecule has 1 aromatic heterocycles. The third-order valence-electron chi connectivity index (χ3n) is 5.40. The maximum Gasteiger partial charge on any atom is 0.253 e. The molecular formula is C23H25FN4O2. The number of amides is 1. The summed E-state index contributed by atoms with van der Waals surface area (Å²) in [6, 6.07) is 12.6. The third-order valence-corrected chi connectivity index (χ3v) is 5.40. The van der Waals surface area contributed by atoms with E-state index in [1.54, 1.807) is 19.1 Å². The first kappa shape index (κ1) is 20.2. The van der Waals surface area contributed by atoms with Crippen LogP contribution in [-0.2, 0) is 6.54 Å². The first-order chi connectivity index (χ1) is 14.5. The lowest BCUT2D eigenvalue weighted by atomic mass is 10.1. The SMILES string of the molecule is Cc1cccc(C(=O)N2CCCN(Cc3nc(-c4ccc(C)c(F)c4)no3)CC2)c1. The van der Waals surface area contributed by atoms with Gasteiger partial charge in [0.2, 0.25) is 11.7 Å². The molecule has 1 aliphatic rings. The molecule has 6 nitrogen and oxygen atoms in total. The molecule has 0 atom stereocenters. The fourth-order valence-electron chi connectivity index (χ4n) is 3.65. The summed E-state index contributed by atoms with van der Waals surface area (Å²) in [7, 11) is 0. The summed E-state index contributed by atoms with van der Waals surface area (Å²) in [5.41, 5.74) is 2.99. The van der Waals surface area contributed by atoms with Crippen LogP contribution in [0.2, 0.25) is 0 Å². The van der Waals surface area contributed by atoms with Crippen molar-refractivity contribution in [1.82, 2.24) is 19.9 Å². The lowest BCUT2D eigenvalue weighted by Gasteiger charge is -2.21. The first-order valence-corrected chi connectivity index (χ1v) is 10.2. The van der Waals surface area contributed by atoms with Gasteiger partial charge in [-0.3, -0.25) is 9.69 Å². The highest BCUT2D eigenvalue weighted by molar-refractivity contribution is 5.94. The number of rotatable bonds is 4. The molecule has 0 N–H and O–H groups in total. The van der Waals surface area contributed by atoms with Gasteiger partial charge in [0.15, 0.2) is 0 Å². The van der Waals surface area contributed by atoms with E-state index >= 15 is 0 Å². The Morgan fingerprint density at radius 2 is 1.97 bits per heavy atom. The second kappa shape index (κ2) is 8.75. The molecule has 1 saturated heterocycles. The van der Waals surface area contributed by atoms with Gasteiger partial charge in [-0.15, -0.1) is 0 Å². The normalized spacial score (nSPS) is 15.2. The van der Waals surface area contributed by atoms with Crippen LogP contribution < -0.4 is 0 Å². The molecule has 0 bridgehead atoms. The summed E-state index contributed by atoms with van der Waals surface area (Å²) in [6.45, 7) is 7.16. The van der Waals surface area contributed by atoms with E-state index in [0.29, 0.717) is 35.9 Å². The molecule has 0 aliphatic carbocycles. The molecule has 2 aromatic carbocycles. The second-order valence-electron chi connectivity index (χ2n) is 7.77. The van der Waals surface area contributed by atoms with Crippen LogP contribution in [0, 0.1) is 19.7 Å². The van der Waals surface area contributed by atoms with Gasteiger partial charge in [0, 0.05) is 37.3 Å². The highest BCUT2D eigenvalue weighted by Crippen LogP contribution is 2.20. The lowest BCUT2D eigenvalue weighted by Crippen LogP contribution is -2.35. The van der Waals surface area contributed by atoms with E-state index in [-0.39, 0.29) is 11.7 Å². The molecule has 1 fully saturated rings. The average Bonchev–Trinajstić information content (AvgIpc) is 3.07. The highest BCUT2D eigenvalue weighted by Gasteiger charge is 2.22. The van der Waals surface area contributed by atoms with E-state index in [1.807, 2.05) is 36.1 Å². The number of nitrogens with zero attached hydrogens (tertiary/aromatic N) is 4. The molecular weight excluding hydrogens is 383 g/mol. The summed E-state index contributed by atoms with van der Waals surface area (Å²) in [5, 5.41) is 3.99. The van der Waals surface area contributed by atoms with Crippen molar-refractivity contribution in [2.45, 2.75) is 26.8 Å². The number of carbonyl (C=O) groups excluding carboxylic acids is 1. The highest BCUT2D eigenvalue weighted by atomic mass is 19.1. The van der Waals surface area contributed by atoms with E-state index in [1.165, 1.54) is 6.07 Å². The number of aryl methyl sites for hydroxylation is 2. The molecule has 30 heavy (non-hydrogen) atoms. The van der Waals surface area contributed by atoms with Crippen LogP contribution in [0.15, 0.2) is 47.0 Å². The van der Waals surface area contributed by atoms with Crippen LogP contribution in [0.1, 0.15) is 33.8 Å². The van der Waals surface area contributed by atoms with E-state index in [0.717, 1.165) is 37.2 Å². The number of hydrogen-bond acceptors (Lipinski definition) is 5. The number of carbonyl (C=O) groups is 1. The van der Waals surface area contributed by atoms with Crippen LogP contribution in [0.4, 0.5) is 4.39 Å². The zero-order valence-electron chi connectivity index (χ0n) is 17.3. The van der Waals surface area contributed by atoms with Crippen molar-refractivity contribution in [1.29, 1.82) is 0 Å². The van der Waals surface area contributed by atoms with Crippen LogP contribution >= 0.6 is 0 Å². The Balaban J connectivity index is 1.38. The average molecular weight is 408 g/mol. The Hall–Kier alpha value is -3.06.